The van der Waals surface area contributed by atoms with E-state index in [1.807, 2.05) is 24.3 Å². The van der Waals surface area contributed by atoms with E-state index in [4.69, 9.17) is 11.6 Å². The highest BCUT2D eigenvalue weighted by atomic mass is 35.5. The van der Waals surface area contributed by atoms with E-state index >= 15 is 0 Å². The summed E-state index contributed by atoms with van der Waals surface area (Å²) in [6.07, 6.45) is 3.09. The molecular formula is C20H24ClN2O+. The number of hydrogen-bond donors (Lipinski definition) is 2. The Bertz CT molecular complexity index is 661. The fourth-order valence-corrected chi connectivity index (χ4v) is 3.29. The van der Waals surface area contributed by atoms with Crippen LogP contribution in [0.5, 0.6) is 0 Å². The summed E-state index contributed by atoms with van der Waals surface area (Å²) < 4.78 is 0. The number of benzene rings is 2. The molecule has 2 aromatic carbocycles. The van der Waals surface area contributed by atoms with E-state index in [9.17, 15) is 4.79 Å². The Hall–Kier alpha value is -1.84. The largest absolute Gasteiger partial charge is 0.352 e. The number of quaternary nitrogens is 1. The third kappa shape index (κ3) is 5.08. The lowest BCUT2D eigenvalue weighted by Crippen LogP contribution is -3.08. The molecule has 0 saturated carbocycles. The maximum absolute atomic E-state index is 12.0. The molecule has 0 atom stereocenters. The van der Waals surface area contributed by atoms with Gasteiger partial charge in [0.15, 0.2) is 0 Å². The second-order valence-electron chi connectivity index (χ2n) is 6.53. The first kappa shape index (κ1) is 17.0. The Morgan fingerprint density at radius 2 is 1.50 bits per heavy atom. The zero-order valence-corrected chi connectivity index (χ0v) is 14.6. The second-order valence-corrected chi connectivity index (χ2v) is 6.97. The molecule has 2 N–H and O–H groups in total. The maximum atomic E-state index is 12.0. The molecule has 0 aromatic heterocycles. The highest BCUT2D eigenvalue weighted by Crippen LogP contribution is 2.10. The van der Waals surface area contributed by atoms with E-state index in [2.05, 4.69) is 29.6 Å². The zero-order chi connectivity index (χ0) is 16.8. The number of rotatable bonds is 6. The molecule has 1 aliphatic heterocycles. The fraction of sp³-hybridized carbons (Fsp3) is 0.350. The Balaban J connectivity index is 1.45. The van der Waals surface area contributed by atoms with Gasteiger partial charge in [-0.05, 0) is 23.3 Å². The Morgan fingerprint density at radius 3 is 2.17 bits per heavy atom. The molecule has 0 aliphatic carbocycles. The van der Waals surface area contributed by atoms with E-state index < -0.39 is 0 Å². The van der Waals surface area contributed by atoms with Crippen LogP contribution in [0.1, 0.15) is 29.5 Å². The van der Waals surface area contributed by atoms with Gasteiger partial charge in [0.05, 0.1) is 19.5 Å². The minimum absolute atomic E-state index is 0.0305. The molecule has 0 bridgehead atoms. The van der Waals surface area contributed by atoms with Crippen molar-refractivity contribution in [2.24, 2.45) is 0 Å². The van der Waals surface area contributed by atoms with Gasteiger partial charge in [0.2, 0.25) is 5.91 Å². The number of amides is 1. The number of nitrogens with one attached hydrogen (secondary N) is 2. The first-order chi connectivity index (χ1) is 11.7. The lowest BCUT2D eigenvalue weighted by Gasteiger charge is -2.12. The predicted molar refractivity (Wildman–Crippen MR) is 97.1 cm³/mol. The molecule has 1 amide bonds. The Kier molecular flexibility index (Phi) is 5.89. The van der Waals surface area contributed by atoms with Gasteiger partial charge in [0.1, 0.15) is 6.54 Å². The van der Waals surface area contributed by atoms with Gasteiger partial charge in [-0.3, -0.25) is 4.79 Å². The third-order valence-corrected chi connectivity index (χ3v) is 4.81. The second kappa shape index (κ2) is 8.32. The van der Waals surface area contributed by atoms with Crippen LogP contribution in [0.15, 0.2) is 48.5 Å². The molecule has 0 radical (unpaired) electrons. The third-order valence-electron chi connectivity index (χ3n) is 4.56. The van der Waals surface area contributed by atoms with Crippen molar-refractivity contribution < 1.29 is 9.69 Å². The van der Waals surface area contributed by atoms with Crippen LogP contribution in [0.3, 0.4) is 0 Å². The summed E-state index contributed by atoms with van der Waals surface area (Å²) >= 11 is 5.85. The van der Waals surface area contributed by atoms with Crippen molar-refractivity contribution in [3.63, 3.8) is 0 Å². The lowest BCUT2D eigenvalue weighted by atomic mass is 10.1. The van der Waals surface area contributed by atoms with Crippen molar-refractivity contribution in [3.8, 4) is 0 Å². The van der Waals surface area contributed by atoms with Crippen molar-refractivity contribution in [2.75, 3.05) is 13.1 Å². The van der Waals surface area contributed by atoms with Crippen LogP contribution in [0.2, 0.25) is 5.02 Å². The van der Waals surface area contributed by atoms with Gasteiger partial charge in [-0.2, -0.15) is 0 Å². The number of carbonyl (C=O) groups excluding carboxylic acids is 1. The minimum atomic E-state index is 0.0305. The molecule has 2 aromatic rings. The number of hydrogen-bond acceptors (Lipinski definition) is 1. The molecule has 1 saturated heterocycles. The monoisotopic (exact) mass is 343 g/mol. The van der Waals surface area contributed by atoms with Gasteiger partial charge in [-0.15, -0.1) is 0 Å². The molecular weight excluding hydrogens is 320 g/mol. The predicted octanol–water partition coefficient (Wildman–Crippen LogP) is 2.38. The van der Waals surface area contributed by atoms with E-state index in [0.29, 0.717) is 18.0 Å². The SMILES string of the molecule is O=C(Cc1ccc(Cl)cc1)NCc1ccc(C[NH+]2CCCC2)cc1. The summed E-state index contributed by atoms with van der Waals surface area (Å²) in [5.74, 6) is 0.0305. The van der Waals surface area contributed by atoms with Crippen LogP contribution in [-0.4, -0.2) is 19.0 Å². The normalized spacial score (nSPS) is 14.7. The lowest BCUT2D eigenvalue weighted by molar-refractivity contribution is -0.901. The molecule has 3 nitrogen and oxygen atoms in total. The summed E-state index contributed by atoms with van der Waals surface area (Å²) in [6.45, 7) is 4.28. The van der Waals surface area contributed by atoms with Gasteiger partial charge in [-0.25, -0.2) is 0 Å². The smallest absolute Gasteiger partial charge is 0.224 e. The van der Waals surface area contributed by atoms with E-state index in [1.54, 1.807) is 4.90 Å². The summed E-state index contributed by atoms with van der Waals surface area (Å²) in [5.41, 5.74) is 3.49. The first-order valence-corrected chi connectivity index (χ1v) is 8.99. The maximum Gasteiger partial charge on any atom is 0.224 e. The fourth-order valence-electron chi connectivity index (χ4n) is 3.17. The standard InChI is InChI=1S/C20H23ClN2O/c21-19-9-7-16(8-10-19)13-20(24)22-14-17-3-5-18(6-4-17)15-23-11-1-2-12-23/h3-10H,1-2,11-15H2,(H,22,24)/p+1. The zero-order valence-electron chi connectivity index (χ0n) is 13.9. The van der Waals surface area contributed by atoms with Gasteiger partial charge >= 0.3 is 0 Å². The molecule has 4 heteroatoms. The number of carbonyl (C=O) groups is 1. The van der Waals surface area contributed by atoms with Gasteiger partial charge < -0.3 is 10.2 Å². The van der Waals surface area contributed by atoms with Gasteiger partial charge in [0, 0.05) is 30.0 Å². The van der Waals surface area contributed by atoms with Gasteiger partial charge in [-0.1, -0.05) is 48.0 Å². The summed E-state index contributed by atoms with van der Waals surface area (Å²) in [4.78, 5) is 13.7. The Labute approximate surface area is 148 Å². The molecule has 1 aliphatic rings. The van der Waals surface area contributed by atoms with Crippen molar-refractivity contribution >= 4 is 17.5 Å². The quantitative estimate of drug-likeness (QED) is 0.829. The molecule has 1 fully saturated rings. The van der Waals surface area contributed by atoms with Crippen LogP contribution >= 0.6 is 11.6 Å². The molecule has 0 unspecified atom stereocenters. The highest BCUT2D eigenvalue weighted by Gasteiger charge is 2.15. The minimum Gasteiger partial charge on any atom is -0.352 e. The summed E-state index contributed by atoms with van der Waals surface area (Å²) in [7, 11) is 0. The average Bonchev–Trinajstić information content (AvgIpc) is 3.09. The first-order valence-electron chi connectivity index (χ1n) is 8.61. The molecule has 0 spiro atoms. The van der Waals surface area contributed by atoms with Crippen LogP contribution < -0.4 is 10.2 Å². The van der Waals surface area contributed by atoms with Crippen molar-refractivity contribution in [2.45, 2.75) is 32.4 Å². The van der Waals surface area contributed by atoms with Crippen LogP contribution in [0.25, 0.3) is 0 Å². The van der Waals surface area contributed by atoms with E-state index in [0.717, 1.165) is 17.7 Å². The van der Waals surface area contributed by atoms with Crippen molar-refractivity contribution in [3.05, 3.63) is 70.2 Å². The van der Waals surface area contributed by atoms with Crippen LogP contribution in [0, 0.1) is 0 Å². The van der Waals surface area contributed by atoms with Crippen molar-refractivity contribution in [1.29, 1.82) is 0 Å². The van der Waals surface area contributed by atoms with Crippen LogP contribution in [0.4, 0.5) is 0 Å². The summed E-state index contributed by atoms with van der Waals surface area (Å²) in [6, 6.07) is 16.0. The molecule has 3 rings (SSSR count). The van der Waals surface area contributed by atoms with E-state index in [1.165, 1.54) is 31.5 Å². The van der Waals surface area contributed by atoms with Crippen LogP contribution in [-0.2, 0) is 24.3 Å². The highest BCUT2D eigenvalue weighted by molar-refractivity contribution is 6.30. The van der Waals surface area contributed by atoms with Crippen molar-refractivity contribution in [1.82, 2.24) is 5.32 Å². The average molecular weight is 344 g/mol. The molecule has 1 heterocycles. The topological polar surface area (TPSA) is 33.5 Å². The van der Waals surface area contributed by atoms with E-state index in [-0.39, 0.29) is 5.91 Å². The summed E-state index contributed by atoms with van der Waals surface area (Å²) in [5, 5.41) is 3.67. The van der Waals surface area contributed by atoms with Gasteiger partial charge in [0.25, 0.3) is 0 Å². The number of halogens is 1. The molecule has 24 heavy (non-hydrogen) atoms. The Morgan fingerprint density at radius 1 is 0.917 bits per heavy atom. The number of likely N-dealkylation sites (tertiary alicyclic amines) is 1. The molecule has 126 valence electrons.